The van der Waals surface area contributed by atoms with Gasteiger partial charge in [0.05, 0.1) is 23.7 Å². The van der Waals surface area contributed by atoms with Crippen LogP contribution in [0.4, 0.5) is 13.2 Å². The molecule has 1 saturated heterocycles. The predicted molar refractivity (Wildman–Crippen MR) is 118 cm³/mol. The molecule has 0 spiro atoms. The van der Waals surface area contributed by atoms with Gasteiger partial charge < -0.3 is 4.74 Å². The van der Waals surface area contributed by atoms with Crippen molar-refractivity contribution in [3.8, 4) is 11.3 Å². The molecule has 0 radical (unpaired) electrons. The van der Waals surface area contributed by atoms with Crippen LogP contribution in [0.25, 0.3) is 16.9 Å². The third-order valence-electron chi connectivity index (χ3n) is 6.00. The maximum absolute atomic E-state index is 14.8. The van der Waals surface area contributed by atoms with E-state index in [1.807, 2.05) is 13.2 Å². The van der Waals surface area contributed by atoms with E-state index in [9.17, 15) is 18.0 Å². The van der Waals surface area contributed by atoms with E-state index in [4.69, 9.17) is 16.3 Å². The molecule has 1 aliphatic rings. The van der Waals surface area contributed by atoms with E-state index >= 15 is 0 Å². The molecule has 11 heteroatoms. The molecule has 34 heavy (non-hydrogen) atoms. The first-order valence-electron chi connectivity index (χ1n) is 10.6. The molecule has 0 amide bonds. The molecule has 2 atom stereocenters. The molecule has 1 aromatic carbocycles. The van der Waals surface area contributed by atoms with Crippen LogP contribution < -0.4 is 5.56 Å². The van der Waals surface area contributed by atoms with Gasteiger partial charge in [-0.15, -0.1) is 0 Å². The fourth-order valence-electron chi connectivity index (χ4n) is 4.23. The summed E-state index contributed by atoms with van der Waals surface area (Å²) in [6.07, 6.45) is 5.99. The topological polar surface area (TPSA) is 74.3 Å². The molecule has 1 aliphatic heterocycles. The van der Waals surface area contributed by atoms with Gasteiger partial charge in [0.25, 0.3) is 5.56 Å². The van der Waals surface area contributed by atoms with Crippen LogP contribution in [0.1, 0.15) is 41.8 Å². The number of hydrogen-bond donors (Lipinski definition) is 0. The van der Waals surface area contributed by atoms with Crippen LogP contribution in [-0.2, 0) is 11.8 Å². The maximum atomic E-state index is 14.8. The molecule has 0 aliphatic carbocycles. The summed E-state index contributed by atoms with van der Waals surface area (Å²) in [6, 6.07) is 1.17. The lowest BCUT2D eigenvalue weighted by molar-refractivity contribution is 0.00455. The lowest BCUT2D eigenvalue weighted by atomic mass is 9.90. The van der Waals surface area contributed by atoms with Crippen LogP contribution in [0, 0.1) is 24.4 Å². The monoisotopic (exact) mass is 489 g/mol. The van der Waals surface area contributed by atoms with Gasteiger partial charge in [0, 0.05) is 49.2 Å². The van der Waals surface area contributed by atoms with Gasteiger partial charge in [0.15, 0.2) is 17.3 Å². The zero-order valence-corrected chi connectivity index (χ0v) is 19.0. The van der Waals surface area contributed by atoms with Crippen LogP contribution >= 0.6 is 11.6 Å². The first kappa shape index (κ1) is 22.5. The van der Waals surface area contributed by atoms with Crippen molar-refractivity contribution in [3.63, 3.8) is 0 Å². The van der Waals surface area contributed by atoms with Crippen LogP contribution in [0.3, 0.4) is 0 Å². The second-order valence-corrected chi connectivity index (χ2v) is 8.68. The fraction of sp³-hybridized carbons (Fsp3) is 0.304. The standard InChI is InChI=1S/C23H19ClF3N5O2/c1-11-20(24)23(33)32-10-18(12-3-4-34-19(5-12)13-8-28-31(2)9-13)30-21(22(32)29-11)14-6-16(26)17(27)7-15(14)25/h6-10,12,19H,3-5H2,1-2H3/t12-,19-/m0/s1. The Labute approximate surface area is 196 Å². The largest absolute Gasteiger partial charge is 0.373 e. The quantitative estimate of drug-likeness (QED) is 0.396. The Morgan fingerprint density at radius 2 is 1.88 bits per heavy atom. The summed E-state index contributed by atoms with van der Waals surface area (Å²) in [5, 5.41) is 4.09. The van der Waals surface area contributed by atoms with E-state index in [1.54, 1.807) is 10.9 Å². The molecule has 0 bridgehead atoms. The molecule has 176 valence electrons. The van der Waals surface area contributed by atoms with Crippen LogP contribution in [0.2, 0.25) is 5.02 Å². The Kier molecular flexibility index (Phi) is 5.65. The van der Waals surface area contributed by atoms with Crippen molar-refractivity contribution in [1.29, 1.82) is 0 Å². The Morgan fingerprint density at radius 3 is 2.62 bits per heavy atom. The summed E-state index contributed by atoms with van der Waals surface area (Å²) in [5.41, 5.74) is 0.639. The molecular formula is C23H19ClF3N5O2. The Balaban J connectivity index is 1.69. The van der Waals surface area contributed by atoms with Crippen LogP contribution in [0.5, 0.6) is 0 Å². The van der Waals surface area contributed by atoms with Crippen molar-refractivity contribution < 1.29 is 17.9 Å². The third-order valence-corrected chi connectivity index (χ3v) is 6.44. The van der Waals surface area contributed by atoms with Gasteiger partial charge >= 0.3 is 0 Å². The van der Waals surface area contributed by atoms with Gasteiger partial charge in [0.1, 0.15) is 16.5 Å². The van der Waals surface area contributed by atoms with Gasteiger partial charge in [0.2, 0.25) is 0 Å². The second kappa shape index (κ2) is 8.52. The summed E-state index contributed by atoms with van der Waals surface area (Å²) in [4.78, 5) is 21.9. The normalized spacial score (nSPS) is 18.5. The van der Waals surface area contributed by atoms with Gasteiger partial charge in [-0.1, -0.05) is 11.6 Å². The highest BCUT2D eigenvalue weighted by molar-refractivity contribution is 6.31. The van der Waals surface area contributed by atoms with E-state index in [-0.39, 0.29) is 39.6 Å². The van der Waals surface area contributed by atoms with E-state index in [0.29, 0.717) is 31.2 Å². The number of ether oxygens (including phenoxy) is 1. The number of benzene rings is 1. The van der Waals surface area contributed by atoms with Crippen molar-refractivity contribution in [2.24, 2.45) is 7.05 Å². The van der Waals surface area contributed by atoms with Crippen LogP contribution in [-0.4, -0.2) is 30.8 Å². The molecule has 5 rings (SSSR count). The Morgan fingerprint density at radius 1 is 1.12 bits per heavy atom. The van der Waals surface area contributed by atoms with Crippen molar-refractivity contribution in [2.75, 3.05) is 6.61 Å². The first-order valence-corrected chi connectivity index (χ1v) is 10.9. The highest BCUT2D eigenvalue weighted by Crippen LogP contribution is 2.38. The van der Waals surface area contributed by atoms with E-state index < -0.39 is 23.0 Å². The smallest absolute Gasteiger partial charge is 0.277 e. The number of halogens is 4. The van der Waals surface area contributed by atoms with E-state index in [2.05, 4.69) is 15.1 Å². The van der Waals surface area contributed by atoms with Crippen molar-refractivity contribution in [3.05, 3.63) is 80.5 Å². The summed E-state index contributed by atoms with van der Waals surface area (Å²) < 4.78 is 51.2. The SMILES string of the molecule is Cc1nc2c(-c3cc(F)c(F)cc3F)nc([C@H]3CCO[C@H](c4cnn(C)c4)C3)cn2c(=O)c1Cl. The molecule has 0 unspecified atom stereocenters. The van der Waals surface area contributed by atoms with Crippen molar-refractivity contribution >= 4 is 17.2 Å². The number of nitrogens with zero attached hydrogens (tertiary/aromatic N) is 5. The van der Waals surface area contributed by atoms with E-state index in [0.717, 1.165) is 11.6 Å². The van der Waals surface area contributed by atoms with Crippen molar-refractivity contribution in [1.82, 2.24) is 24.1 Å². The lowest BCUT2D eigenvalue weighted by Gasteiger charge is -2.29. The minimum absolute atomic E-state index is 0.00331. The minimum atomic E-state index is -1.32. The number of hydrogen-bond acceptors (Lipinski definition) is 5. The molecule has 1 fully saturated rings. The zero-order chi connectivity index (χ0) is 24.1. The summed E-state index contributed by atoms with van der Waals surface area (Å²) in [7, 11) is 1.81. The molecule has 3 aromatic heterocycles. The van der Waals surface area contributed by atoms with E-state index in [1.165, 1.54) is 17.5 Å². The average molecular weight is 490 g/mol. The molecular weight excluding hydrogens is 471 g/mol. The number of aromatic nitrogens is 5. The molecule has 0 N–H and O–H groups in total. The molecule has 4 aromatic rings. The van der Waals surface area contributed by atoms with Gasteiger partial charge in [-0.05, 0) is 25.8 Å². The summed E-state index contributed by atoms with van der Waals surface area (Å²) in [5.74, 6) is -3.75. The third kappa shape index (κ3) is 3.86. The summed E-state index contributed by atoms with van der Waals surface area (Å²) >= 11 is 6.15. The highest BCUT2D eigenvalue weighted by atomic mass is 35.5. The fourth-order valence-corrected chi connectivity index (χ4v) is 4.36. The molecule has 4 heterocycles. The minimum Gasteiger partial charge on any atom is -0.373 e. The van der Waals surface area contributed by atoms with Crippen LogP contribution in [0.15, 0.2) is 35.5 Å². The number of aryl methyl sites for hydroxylation is 2. The highest BCUT2D eigenvalue weighted by Gasteiger charge is 2.29. The maximum Gasteiger partial charge on any atom is 0.277 e. The lowest BCUT2D eigenvalue weighted by Crippen LogP contribution is -2.23. The number of fused-ring (bicyclic) bond motifs is 1. The second-order valence-electron chi connectivity index (χ2n) is 8.30. The number of rotatable bonds is 3. The Hall–Kier alpha value is -3.24. The zero-order valence-electron chi connectivity index (χ0n) is 18.2. The molecule has 7 nitrogen and oxygen atoms in total. The van der Waals surface area contributed by atoms with Gasteiger partial charge in [-0.3, -0.25) is 13.9 Å². The van der Waals surface area contributed by atoms with Gasteiger partial charge in [-0.2, -0.15) is 5.10 Å². The van der Waals surface area contributed by atoms with Gasteiger partial charge in [-0.25, -0.2) is 23.1 Å². The van der Waals surface area contributed by atoms with Crippen molar-refractivity contribution in [2.45, 2.75) is 31.8 Å². The molecule has 0 saturated carbocycles. The Bertz CT molecular complexity index is 1490. The summed E-state index contributed by atoms with van der Waals surface area (Å²) in [6.45, 7) is 1.96. The predicted octanol–water partition coefficient (Wildman–Crippen LogP) is 4.50. The average Bonchev–Trinajstić information content (AvgIpc) is 3.26. The first-order chi connectivity index (χ1) is 16.2.